The predicted octanol–water partition coefficient (Wildman–Crippen LogP) is 2.92. The third kappa shape index (κ3) is 1.87. The third-order valence-corrected chi connectivity index (χ3v) is 2.19. The van der Waals surface area contributed by atoms with Crippen molar-refractivity contribution in [2.75, 3.05) is 0 Å². The highest BCUT2D eigenvalue weighted by atomic mass is 79.9. The SMILES string of the molecule is N#Cc1c(CBr)cnc(C(F)F)c1F. The van der Waals surface area contributed by atoms with Crippen LogP contribution in [0.1, 0.15) is 23.2 Å². The molecule has 1 heterocycles. The maximum atomic E-state index is 13.2. The highest BCUT2D eigenvalue weighted by Gasteiger charge is 2.20. The highest BCUT2D eigenvalue weighted by Crippen LogP contribution is 2.24. The first kappa shape index (κ1) is 11.0. The summed E-state index contributed by atoms with van der Waals surface area (Å²) in [5.74, 6) is -1.24. The molecule has 0 aliphatic rings. The van der Waals surface area contributed by atoms with Gasteiger partial charge in [-0.2, -0.15) is 5.26 Å². The van der Waals surface area contributed by atoms with Crippen LogP contribution in [-0.2, 0) is 5.33 Å². The van der Waals surface area contributed by atoms with E-state index in [4.69, 9.17) is 5.26 Å². The summed E-state index contributed by atoms with van der Waals surface area (Å²) >= 11 is 3.00. The van der Waals surface area contributed by atoms with Gasteiger partial charge in [-0.3, -0.25) is 4.98 Å². The average molecular weight is 265 g/mol. The molecule has 0 aliphatic heterocycles. The van der Waals surface area contributed by atoms with E-state index < -0.39 is 17.9 Å². The highest BCUT2D eigenvalue weighted by molar-refractivity contribution is 9.08. The molecule has 0 radical (unpaired) electrons. The van der Waals surface area contributed by atoms with Gasteiger partial charge in [-0.05, 0) is 0 Å². The van der Waals surface area contributed by atoms with Crippen molar-refractivity contribution in [3.05, 3.63) is 28.8 Å². The first-order valence-corrected chi connectivity index (χ1v) is 4.65. The van der Waals surface area contributed by atoms with Crippen molar-refractivity contribution in [3.63, 3.8) is 0 Å². The number of aromatic nitrogens is 1. The number of pyridine rings is 1. The summed E-state index contributed by atoms with van der Waals surface area (Å²) in [5.41, 5.74) is -1.10. The Hall–Kier alpha value is -1.09. The molecule has 0 saturated heterocycles. The summed E-state index contributed by atoms with van der Waals surface area (Å²) in [6.07, 6.45) is -1.94. The summed E-state index contributed by atoms with van der Waals surface area (Å²) in [7, 11) is 0. The minimum Gasteiger partial charge on any atom is -0.252 e. The fourth-order valence-electron chi connectivity index (χ4n) is 0.912. The van der Waals surface area contributed by atoms with Crippen molar-refractivity contribution in [2.24, 2.45) is 0 Å². The van der Waals surface area contributed by atoms with E-state index in [-0.39, 0.29) is 16.5 Å². The number of halogens is 4. The predicted molar refractivity (Wildman–Crippen MR) is 46.5 cm³/mol. The minimum absolute atomic E-state index is 0.198. The van der Waals surface area contributed by atoms with E-state index >= 15 is 0 Å². The Morgan fingerprint density at radius 2 is 2.21 bits per heavy atom. The van der Waals surface area contributed by atoms with Gasteiger partial charge in [0.25, 0.3) is 6.43 Å². The van der Waals surface area contributed by atoms with Gasteiger partial charge in [0.05, 0.1) is 5.56 Å². The molecule has 74 valence electrons. The minimum atomic E-state index is -3.01. The van der Waals surface area contributed by atoms with E-state index in [1.807, 2.05) is 0 Å². The molecule has 0 unspecified atom stereocenters. The van der Waals surface area contributed by atoms with Crippen molar-refractivity contribution >= 4 is 15.9 Å². The van der Waals surface area contributed by atoms with Gasteiger partial charge in [-0.15, -0.1) is 0 Å². The Bertz CT molecular complexity index is 387. The van der Waals surface area contributed by atoms with E-state index in [0.29, 0.717) is 0 Å². The summed E-state index contributed by atoms with van der Waals surface area (Å²) in [6, 6.07) is 1.53. The van der Waals surface area contributed by atoms with Crippen LogP contribution in [0.15, 0.2) is 6.20 Å². The Labute approximate surface area is 86.5 Å². The van der Waals surface area contributed by atoms with E-state index in [1.54, 1.807) is 0 Å². The zero-order valence-electron chi connectivity index (χ0n) is 6.77. The Morgan fingerprint density at radius 1 is 1.57 bits per heavy atom. The molecule has 1 aromatic heterocycles. The number of hydrogen-bond donors (Lipinski definition) is 0. The maximum absolute atomic E-state index is 13.2. The molecule has 0 saturated carbocycles. The Kier molecular flexibility index (Phi) is 3.47. The van der Waals surface area contributed by atoms with Gasteiger partial charge in [0.1, 0.15) is 11.8 Å². The van der Waals surface area contributed by atoms with E-state index in [1.165, 1.54) is 6.07 Å². The number of nitrogens with zero attached hydrogens (tertiary/aromatic N) is 2. The van der Waals surface area contributed by atoms with E-state index in [2.05, 4.69) is 20.9 Å². The molecule has 0 N–H and O–H groups in total. The van der Waals surface area contributed by atoms with Crippen molar-refractivity contribution in [1.82, 2.24) is 4.98 Å². The molecule has 2 nitrogen and oxygen atoms in total. The summed E-state index contributed by atoms with van der Waals surface area (Å²) in [6.45, 7) is 0. The third-order valence-electron chi connectivity index (χ3n) is 1.59. The molecular formula is C8H4BrF3N2. The second kappa shape index (κ2) is 4.42. The lowest BCUT2D eigenvalue weighted by Gasteiger charge is -2.04. The quantitative estimate of drug-likeness (QED) is 0.771. The van der Waals surface area contributed by atoms with Gasteiger partial charge in [0, 0.05) is 17.1 Å². The first-order valence-electron chi connectivity index (χ1n) is 3.53. The molecule has 0 fully saturated rings. The Morgan fingerprint density at radius 3 is 2.64 bits per heavy atom. The molecule has 0 aromatic carbocycles. The normalized spacial score (nSPS) is 10.3. The summed E-state index contributed by atoms with van der Waals surface area (Å²) in [5, 5.41) is 8.75. The van der Waals surface area contributed by atoms with Crippen molar-refractivity contribution in [1.29, 1.82) is 5.26 Å². The van der Waals surface area contributed by atoms with Gasteiger partial charge in [-0.1, -0.05) is 15.9 Å². The standard InChI is InChI=1S/C8H4BrF3N2/c9-1-4-3-14-7(8(11)12)6(10)5(4)2-13/h3,8H,1H2. The van der Waals surface area contributed by atoms with E-state index in [0.717, 1.165) is 6.20 Å². The van der Waals surface area contributed by atoms with Gasteiger partial charge < -0.3 is 0 Å². The number of rotatable bonds is 2. The largest absolute Gasteiger partial charge is 0.283 e. The molecule has 1 aromatic rings. The van der Waals surface area contributed by atoms with Gasteiger partial charge >= 0.3 is 0 Å². The molecule has 6 heteroatoms. The topological polar surface area (TPSA) is 36.7 Å². The van der Waals surface area contributed by atoms with Crippen LogP contribution in [0.2, 0.25) is 0 Å². The van der Waals surface area contributed by atoms with Crippen molar-refractivity contribution < 1.29 is 13.2 Å². The second-order valence-corrected chi connectivity index (χ2v) is 2.96. The van der Waals surface area contributed by atoms with Crippen molar-refractivity contribution in [2.45, 2.75) is 11.8 Å². The van der Waals surface area contributed by atoms with Crippen LogP contribution in [0.3, 0.4) is 0 Å². The molecule has 0 spiro atoms. The fourth-order valence-corrected chi connectivity index (χ4v) is 1.34. The second-order valence-electron chi connectivity index (χ2n) is 2.40. The lowest BCUT2D eigenvalue weighted by Crippen LogP contribution is -2.02. The molecule has 0 bridgehead atoms. The number of nitriles is 1. The van der Waals surface area contributed by atoms with E-state index in [9.17, 15) is 13.2 Å². The van der Waals surface area contributed by atoms with Crippen LogP contribution in [0.25, 0.3) is 0 Å². The van der Waals surface area contributed by atoms with Crippen LogP contribution in [-0.4, -0.2) is 4.98 Å². The van der Waals surface area contributed by atoms with Crippen LogP contribution in [0.5, 0.6) is 0 Å². The lowest BCUT2D eigenvalue weighted by molar-refractivity contribution is 0.140. The molecule has 0 aliphatic carbocycles. The smallest absolute Gasteiger partial charge is 0.252 e. The van der Waals surface area contributed by atoms with Crippen LogP contribution in [0.4, 0.5) is 13.2 Å². The molecule has 14 heavy (non-hydrogen) atoms. The van der Waals surface area contributed by atoms with Crippen molar-refractivity contribution in [3.8, 4) is 6.07 Å². The lowest BCUT2D eigenvalue weighted by atomic mass is 10.1. The molecule has 1 rings (SSSR count). The van der Waals surface area contributed by atoms with Gasteiger partial charge in [0.2, 0.25) is 0 Å². The van der Waals surface area contributed by atoms with Gasteiger partial charge in [0.15, 0.2) is 5.82 Å². The zero-order valence-corrected chi connectivity index (χ0v) is 8.35. The summed E-state index contributed by atoms with van der Waals surface area (Å²) < 4.78 is 37.5. The molecule has 0 amide bonds. The van der Waals surface area contributed by atoms with Crippen LogP contribution in [0, 0.1) is 17.1 Å². The average Bonchev–Trinajstić information content (AvgIpc) is 2.16. The number of hydrogen-bond acceptors (Lipinski definition) is 2. The summed E-state index contributed by atoms with van der Waals surface area (Å²) in [4.78, 5) is 3.25. The monoisotopic (exact) mass is 264 g/mol. The van der Waals surface area contributed by atoms with Crippen LogP contribution >= 0.6 is 15.9 Å². The number of alkyl halides is 3. The maximum Gasteiger partial charge on any atom is 0.283 e. The Balaban J connectivity index is 3.37. The fraction of sp³-hybridized carbons (Fsp3) is 0.250. The van der Waals surface area contributed by atoms with Gasteiger partial charge in [-0.25, -0.2) is 13.2 Å². The zero-order chi connectivity index (χ0) is 10.7. The molecule has 0 atom stereocenters. The first-order chi connectivity index (χ1) is 6.61. The van der Waals surface area contributed by atoms with Crippen LogP contribution < -0.4 is 0 Å². The molecular weight excluding hydrogens is 261 g/mol.